The Labute approximate surface area is 494 Å². The third-order valence-corrected chi connectivity index (χ3v) is 23.6. The summed E-state index contributed by atoms with van der Waals surface area (Å²) in [7, 11) is 0. The van der Waals surface area contributed by atoms with Crippen molar-refractivity contribution in [3.05, 3.63) is 12.2 Å². The van der Waals surface area contributed by atoms with Crippen LogP contribution >= 0.6 is 0 Å². The van der Waals surface area contributed by atoms with Crippen LogP contribution in [0.4, 0.5) is 0 Å². The first-order valence-electron chi connectivity index (χ1n) is 30.7. The largest absolute Gasteiger partial charge is 0.432 e. The lowest BCUT2D eigenvalue weighted by molar-refractivity contribution is -0.369. The first-order valence-corrected chi connectivity index (χ1v) is 30.7. The van der Waals surface area contributed by atoms with Crippen molar-refractivity contribution in [2.75, 3.05) is 26.4 Å². The summed E-state index contributed by atoms with van der Waals surface area (Å²) in [5.41, 5.74) is -1.67. The number of hydrogen-bond donors (Lipinski definition) is 15. The van der Waals surface area contributed by atoms with Crippen molar-refractivity contribution in [1.82, 2.24) is 0 Å². The highest BCUT2D eigenvalue weighted by Gasteiger charge is 2.73. The Bertz CT molecular complexity index is 2340. The summed E-state index contributed by atoms with van der Waals surface area (Å²) in [6.07, 6.45) is -31.3. The van der Waals surface area contributed by atoms with Crippen molar-refractivity contribution in [2.24, 2.45) is 56.7 Å². The summed E-state index contributed by atoms with van der Waals surface area (Å²) < 4.78 is 59.6. The fourth-order valence-corrected chi connectivity index (χ4v) is 18.4. The molecule has 26 heteroatoms. The highest BCUT2D eigenvalue weighted by atomic mass is 16.8. The summed E-state index contributed by atoms with van der Waals surface area (Å²) in [6.45, 7) is 16.8. The summed E-state index contributed by atoms with van der Waals surface area (Å²) in [5, 5.41) is 162. The molecule has 0 aromatic heterocycles. The van der Waals surface area contributed by atoms with Gasteiger partial charge in [-0.05, 0) is 131 Å². The van der Waals surface area contributed by atoms with Crippen LogP contribution in [0, 0.1) is 56.7 Å². The molecule has 5 aliphatic heterocycles. The van der Waals surface area contributed by atoms with Crippen molar-refractivity contribution < 1.29 is 129 Å². The number of aliphatic hydroxyl groups excluding tert-OH is 15. The topological polar surface area (TPSA) is 413 Å². The van der Waals surface area contributed by atoms with Crippen LogP contribution < -0.4 is 0 Å². The van der Waals surface area contributed by atoms with Gasteiger partial charge in [0.1, 0.15) is 104 Å². The second-order valence-electron chi connectivity index (χ2n) is 28.0. The molecule has 10 fully saturated rings. The SMILES string of the molecule is C=C(C)C1CCC2(C(=O)O[C@@H]3O[C@H](C)[C@H](O[C@@H]4O[C@H](CO[C@@H]5O[C@H](CO)[C@@H](O)[C@H](O)[C@H]5O)[C@@H](O)[C@H](O)[C@H]4O)[C@@H](O)[C@H]3O)CC[C@]3(C)C(CCC4C5(C)CCC(O[C@@H]6O[C@H](C)[C@@H](O)[C@@H](O)[C@H]6O[C@@H]6OC[C@H](O)[C@@H](O)[C@H]6O)[C@@](C)(CO)C5CCC43C)C12. The predicted molar refractivity (Wildman–Crippen MR) is 288 cm³/mol. The van der Waals surface area contributed by atoms with Gasteiger partial charge in [0.15, 0.2) is 25.2 Å². The van der Waals surface area contributed by atoms with Gasteiger partial charge in [-0.15, -0.1) is 0 Å². The van der Waals surface area contributed by atoms with Crippen LogP contribution in [-0.2, 0) is 52.2 Å². The van der Waals surface area contributed by atoms with Gasteiger partial charge in [0.25, 0.3) is 0 Å². The molecule has 9 unspecified atom stereocenters. The van der Waals surface area contributed by atoms with Crippen molar-refractivity contribution in [3.8, 4) is 0 Å². The van der Waals surface area contributed by atoms with Crippen molar-refractivity contribution in [1.29, 1.82) is 0 Å². The molecule has 488 valence electrons. The smallest absolute Gasteiger partial charge is 0.314 e. The molecule has 10 rings (SSSR count). The number of ether oxygens (including phenoxy) is 10. The molecule has 26 nitrogen and oxygen atoms in total. The van der Waals surface area contributed by atoms with Crippen LogP contribution in [-0.4, -0.2) is 263 Å². The van der Waals surface area contributed by atoms with E-state index in [4.69, 9.17) is 47.4 Å². The van der Waals surface area contributed by atoms with Crippen LogP contribution in [0.3, 0.4) is 0 Å². The van der Waals surface area contributed by atoms with E-state index < -0.39 is 184 Å². The highest BCUT2D eigenvalue weighted by molar-refractivity contribution is 5.78. The van der Waals surface area contributed by atoms with Gasteiger partial charge in [-0.3, -0.25) is 4.79 Å². The van der Waals surface area contributed by atoms with E-state index in [1.54, 1.807) is 6.92 Å². The molecule has 0 radical (unpaired) electrons. The van der Waals surface area contributed by atoms with Crippen LogP contribution in [0.5, 0.6) is 0 Å². The zero-order valence-electron chi connectivity index (χ0n) is 49.6. The molecule has 15 N–H and O–H groups in total. The van der Waals surface area contributed by atoms with Gasteiger partial charge in [0.05, 0.1) is 50.2 Å². The third kappa shape index (κ3) is 10.9. The van der Waals surface area contributed by atoms with E-state index >= 15 is 4.79 Å². The Hall–Kier alpha value is -1.75. The molecule has 0 aromatic rings. The number of allylic oxidation sites excluding steroid dienone is 1. The van der Waals surface area contributed by atoms with Crippen molar-refractivity contribution in [3.63, 3.8) is 0 Å². The number of fused-ring (bicyclic) bond motifs is 7. The van der Waals surface area contributed by atoms with Crippen LogP contribution in [0.1, 0.15) is 113 Å². The van der Waals surface area contributed by atoms with E-state index in [2.05, 4.69) is 27.4 Å². The number of carbonyl (C=O) groups excluding carboxylic acids is 1. The molecule has 85 heavy (non-hydrogen) atoms. The Morgan fingerprint density at radius 3 is 1.82 bits per heavy atom. The zero-order valence-corrected chi connectivity index (χ0v) is 49.6. The highest BCUT2D eigenvalue weighted by Crippen LogP contribution is 2.78. The van der Waals surface area contributed by atoms with Gasteiger partial charge in [-0.2, -0.15) is 0 Å². The van der Waals surface area contributed by atoms with E-state index in [-0.39, 0.29) is 59.0 Å². The lowest BCUT2D eigenvalue weighted by Gasteiger charge is -2.73. The molecule has 0 amide bonds. The zero-order chi connectivity index (χ0) is 61.9. The van der Waals surface area contributed by atoms with Gasteiger partial charge in [0, 0.05) is 5.41 Å². The minimum atomic E-state index is -1.90. The Morgan fingerprint density at radius 2 is 1.15 bits per heavy atom. The van der Waals surface area contributed by atoms with E-state index in [9.17, 15) is 76.6 Å². The summed E-state index contributed by atoms with van der Waals surface area (Å²) in [5.74, 6) is -0.580. The van der Waals surface area contributed by atoms with E-state index in [1.807, 2.05) is 13.8 Å². The quantitative estimate of drug-likeness (QED) is 0.0478. The molecule has 0 aromatic carbocycles. The maximum atomic E-state index is 15.2. The van der Waals surface area contributed by atoms with E-state index in [1.165, 1.54) is 6.92 Å². The molecule has 10 aliphatic rings. The third-order valence-electron chi connectivity index (χ3n) is 23.6. The maximum absolute atomic E-state index is 15.2. The van der Waals surface area contributed by atoms with Gasteiger partial charge >= 0.3 is 5.97 Å². The van der Waals surface area contributed by atoms with Gasteiger partial charge in [-0.25, -0.2) is 0 Å². The summed E-state index contributed by atoms with van der Waals surface area (Å²) in [6, 6.07) is 0. The Kier molecular flexibility index (Phi) is 19.2. The first kappa shape index (κ1) is 66.2. The Morgan fingerprint density at radius 1 is 0.541 bits per heavy atom. The Balaban J connectivity index is 0.815. The monoisotopic (exact) mass is 1220 g/mol. The predicted octanol–water partition coefficient (Wildman–Crippen LogP) is -2.69. The van der Waals surface area contributed by atoms with Crippen LogP contribution in [0.25, 0.3) is 0 Å². The summed E-state index contributed by atoms with van der Waals surface area (Å²) in [4.78, 5) is 15.2. The molecular formula is C59H96O26. The molecule has 0 spiro atoms. The van der Waals surface area contributed by atoms with E-state index in [0.717, 1.165) is 37.7 Å². The molecule has 5 heterocycles. The first-order chi connectivity index (χ1) is 39.9. The molecule has 5 saturated heterocycles. The second kappa shape index (κ2) is 24.7. The lowest BCUT2D eigenvalue weighted by atomic mass is 9.32. The van der Waals surface area contributed by atoms with Gasteiger partial charge in [0.2, 0.25) is 6.29 Å². The van der Waals surface area contributed by atoms with Crippen LogP contribution in [0.15, 0.2) is 12.2 Å². The molecule has 5 saturated carbocycles. The fraction of sp³-hybridized carbons (Fsp3) is 0.949. The van der Waals surface area contributed by atoms with Crippen LogP contribution in [0.2, 0.25) is 0 Å². The van der Waals surface area contributed by atoms with E-state index in [0.29, 0.717) is 32.1 Å². The standard InChI is InChI=1S/C59H96O26/c1-23(2)26-11-16-59(54(75)85-51-46(74)42(70)47(25(4)79-51)83-52-45(73)40(68)38(66)30(81-52)21-77-49-44(72)39(67)37(65)29(19-60)80-49)18-17-57(7)27(34(26)59)9-10-32-55(5)14-13-33(56(6,22-61)31(55)12-15-58(32,57)8)82-53-48(41(69)35(63)24(3)78-53)84-50-43(71)36(64)28(62)20-76-50/h24-53,60-74H,1,9-22H2,2-8H3/t24-,25-,26?,27?,28+,29-,30-,31?,32?,33?,34?,35-,36-,37-,38-,39+,40+,41-,42+,43-,44-,45-,46-,47+,48-,49-,50+,51+,52+,53+,55?,56+,57-,58?,59?/m1/s1. The maximum Gasteiger partial charge on any atom is 0.314 e. The minimum Gasteiger partial charge on any atom is -0.432 e. The molecule has 0 bridgehead atoms. The molecular weight excluding hydrogens is 1120 g/mol. The average Bonchev–Trinajstić information content (AvgIpc) is 1.60. The van der Waals surface area contributed by atoms with Crippen molar-refractivity contribution >= 4 is 5.97 Å². The fourth-order valence-electron chi connectivity index (χ4n) is 18.4. The van der Waals surface area contributed by atoms with Gasteiger partial charge in [-0.1, -0.05) is 39.8 Å². The van der Waals surface area contributed by atoms with Crippen molar-refractivity contribution in [2.45, 2.75) is 266 Å². The normalized spacial score (nSPS) is 56.3. The number of rotatable bonds is 14. The molecule has 5 aliphatic carbocycles. The number of carbonyl (C=O) groups is 1. The average molecular weight is 1220 g/mol. The number of aliphatic hydroxyl groups is 15. The number of hydrogen-bond acceptors (Lipinski definition) is 26. The molecule has 35 atom stereocenters. The number of esters is 1. The summed E-state index contributed by atoms with van der Waals surface area (Å²) >= 11 is 0. The second-order valence-corrected chi connectivity index (χ2v) is 28.0. The lowest BCUT2D eigenvalue weighted by Crippen LogP contribution is -2.68. The minimum absolute atomic E-state index is 0.0296. The van der Waals surface area contributed by atoms with Gasteiger partial charge < -0.3 is 124 Å².